The second-order valence-corrected chi connectivity index (χ2v) is 7.12. The number of carbonyl (C=O) groups excluding carboxylic acids is 1. The summed E-state index contributed by atoms with van der Waals surface area (Å²) in [5.74, 6) is -0.407. The van der Waals surface area contributed by atoms with Gasteiger partial charge in [-0.05, 0) is 41.6 Å². The van der Waals surface area contributed by atoms with Gasteiger partial charge in [0, 0.05) is 11.0 Å². The number of halogens is 1. The Kier molecular flexibility index (Phi) is 4.66. The van der Waals surface area contributed by atoms with Gasteiger partial charge in [0.2, 0.25) is 2.94 Å². The summed E-state index contributed by atoms with van der Waals surface area (Å²) in [5, 5.41) is 0. The maximum absolute atomic E-state index is 11.1. The fraction of sp³-hybridized carbons (Fsp3) is 0.182. The number of alkyl halides is 1. The van der Waals surface area contributed by atoms with E-state index in [1.165, 1.54) is 17.8 Å². The third kappa shape index (κ3) is 4.70. The molecular weight excluding hydrogens is 323 g/mol. The molecule has 1 aromatic rings. The molecular formula is C11H11IO2S. The maximum Gasteiger partial charge on any atom is 0.332 e. The van der Waals surface area contributed by atoms with Crippen LogP contribution in [0.25, 0.3) is 0 Å². The molecule has 1 aromatic carbocycles. The third-order valence-corrected chi connectivity index (χ3v) is 3.33. The van der Waals surface area contributed by atoms with Crippen LogP contribution in [-0.2, 0) is 9.53 Å². The normalized spacial score (nSPS) is 14.0. The van der Waals surface area contributed by atoms with E-state index in [1.54, 1.807) is 0 Å². The molecule has 15 heavy (non-hydrogen) atoms. The van der Waals surface area contributed by atoms with Crippen LogP contribution >= 0.6 is 34.4 Å². The van der Waals surface area contributed by atoms with Crippen molar-refractivity contribution in [1.82, 2.24) is 0 Å². The van der Waals surface area contributed by atoms with E-state index in [9.17, 15) is 4.79 Å². The zero-order chi connectivity index (χ0) is 11.3. The van der Waals surface area contributed by atoms with E-state index >= 15 is 0 Å². The Morgan fingerprint density at radius 2 is 2.13 bits per heavy atom. The summed E-state index contributed by atoms with van der Waals surface area (Å²) in [4.78, 5) is 12.1. The fourth-order valence-electron chi connectivity index (χ4n) is 0.941. The van der Waals surface area contributed by atoms with Crippen molar-refractivity contribution in [2.75, 3.05) is 0 Å². The summed E-state index contributed by atoms with van der Waals surface area (Å²) < 4.78 is 4.58. The van der Waals surface area contributed by atoms with Crippen molar-refractivity contribution < 1.29 is 9.53 Å². The van der Waals surface area contributed by atoms with Crippen LogP contribution in [0, 0.1) is 0 Å². The van der Waals surface area contributed by atoms with Gasteiger partial charge in [-0.3, -0.25) is 0 Å². The van der Waals surface area contributed by atoms with Gasteiger partial charge in [0.15, 0.2) is 0 Å². The Labute approximate surface area is 107 Å². The SMILES string of the molecule is C=CC(=O)OC(C)(I)Sc1ccccc1. The molecule has 0 aromatic heterocycles. The molecule has 0 fully saturated rings. The second kappa shape index (κ2) is 5.55. The third-order valence-electron chi connectivity index (χ3n) is 1.49. The topological polar surface area (TPSA) is 26.3 Å². The first-order valence-electron chi connectivity index (χ1n) is 4.32. The summed E-state index contributed by atoms with van der Waals surface area (Å²) in [6, 6.07) is 9.80. The number of carbonyl (C=O) groups is 1. The zero-order valence-electron chi connectivity index (χ0n) is 8.27. The number of esters is 1. The lowest BCUT2D eigenvalue weighted by Gasteiger charge is -2.21. The summed E-state index contributed by atoms with van der Waals surface area (Å²) in [6.45, 7) is 5.20. The van der Waals surface area contributed by atoms with Crippen molar-refractivity contribution in [3.05, 3.63) is 43.0 Å². The molecule has 0 saturated heterocycles. The van der Waals surface area contributed by atoms with Crippen LogP contribution in [0.5, 0.6) is 0 Å². The van der Waals surface area contributed by atoms with Crippen LogP contribution in [0.15, 0.2) is 47.9 Å². The van der Waals surface area contributed by atoms with Crippen molar-refractivity contribution in [1.29, 1.82) is 0 Å². The van der Waals surface area contributed by atoms with Crippen LogP contribution < -0.4 is 0 Å². The minimum Gasteiger partial charge on any atom is -0.435 e. The monoisotopic (exact) mass is 334 g/mol. The van der Waals surface area contributed by atoms with Crippen LogP contribution in [0.3, 0.4) is 0 Å². The molecule has 0 aliphatic rings. The number of rotatable bonds is 4. The molecule has 0 radical (unpaired) electrons. The summed E-state index contributed by atoms with van der Waals surface area (Å²) in [5.41, 5.74) is 0. The average molecular weight is 334 g/mol. The molecule has 0 bridgehead atoms. The van der Waals surface area contributed by atoms with Gasteiger partial charge in [0.05, 0.1) is 0 Å². The smallest absolute Gasteiger partial charge is 0.332 e. The molecule has 0 heterocycles. The number of thioether (sulfide) groups is 1. The molecule has 0 amide bonds. The molecule has 80 valence electrons. The lowest BCUT2D eigenvalue weighted by molar-refractivity contribution is -0.139. The molecule has 0 spiro atoms. The number of benzene rings is 1. The average Bonchev–Trinajstić information content (AvgIpc) is 2.17. The Morgan fingerprint density at radius 1 is 1.53 bits per heavy atom. The van der Waals surface area contributed by atoms with E-state index in [4.69, 9.17) is 4.74 Å². The maximum atomic E-state index is 11.1. The van der Waals surface area contributed by atoms with Crippen molar-refractivity contribution in [2.24, 2.45) is 0 Å². The van der Waals surface area contributed by atoms with Crippen LogP contribution in [0.1, 0.15) is 6.92 Å². The highest BCUT2D eigenvalue weighted by molar-refractivity contribution is 14.1. The van der Waals surface area contributed by atoms with Gasteiger partial charge in [-0.25, -0.2) is 4.79 Å². The van der Waals surface area contributed by atoms with E-state index in [0.29, 0.717) is 0 Å². The second-order valence-electron chi connectivity index (χ2n) is 2.88. The molecule has 1 unspecified atom stereocenters. The predicted octanol–water partition coefficient (Wildman–Crippen LogP) is 3.62. The Balaban J connectivity index is 2.64. The summed E-state index contributed by atoms with van der Waals surface area (Å²) >= 11 is 3.58. The number of ether oxygens (including phenoxy) is 1. The Hall–Kier alpha value is -0.490. The predicted molar refractivity (Wildman–Crippen MR) is 71.0 cm³/mol. The number of hydrogen-bond acceptors (Lipinski definition) is 3. The molecule has 4 heteroatoms. The molecule has 0 N–H and O–H groups in total. The molecule has 1 atom stereocenters. The van der Waals surface area contributed by atoms with Crippen LogP contribution in [0.4, 0.5) is 0 Å². The van der Waals surface area contributed by atoms with E-state index in [0.717, 1.165) is 4.90 Å². The van der Waals surface area contributed by atoms with Crippen molar-refractivity contribution in [3.63, 3.8) is 0 Å². The lowest BCUT2D eigenvalue weighted by Crippen LogP contribution is -2.19. The van der Waals surface area contributed by atoms with Crippen LogP contribution in [-0.4, -0.2) is 8.91 Å². The van der Waals surface area contributed by atoms with Crippen molar-refractivity contribution in [3.8, 4) is 0 Å². The quantitative estimate of drug-likeness (QED) is 0.210. The molecule has 1 rings (SSSR count). The number of hydrogen-bond donors (Lipinski definition) is 0. The first-order valence-corrected chi connectivity index (χ1v) is 6.21. The van der Waals surface area contributed by atoms with Gasteiger partial charge >= 0.3 is 5.97 Å². The minimum atomic E-state index is -0.607. The highest BCUT2D eigenvalue weighted by atomic mass is 127. The van der Waals surface area contributed by atoms with E-state index < -0.39 is 8.91 Å². The van der Waals surface area contributed by atoms with E-state index in [1.807, 2.05) is 37.3 Å². The minimum absolute atomic E-state index is 0.407. The highest BCUT2D eigenvalue weighted by Gasteiger charge is 2.25. The fourth-order valence-corrected chi connectivity index (χ4v) is 2.76. The summed E-state index contributed by atoms with van der Waals surface area (Å²) in [7, 11) is 0. The van der Waals surface area contributed by atoms with Crippen molar-refractivity contribution in [2.45, 2.75) is 14.8 Å². The molecule has 0 saturated carbocycles. The molecule has 0 aliphatic carbocycles. The Morgan fingerprint density at radius 3 is 2.67 bits per heavy atom. The largest absolute Gasteiger partial charge is 0.435 e. The molecule has 0 aliphatic heterocycles. The van der Waals surface area contributed by atoms with E-state index in [-0.39, 0.29) is 0 Å². The van der Waals surface area contributed by atoms with E-state index in [2.05, 4.69) is 29.2 Å². The zero-order valence-corrected chi connectivity index (χ0v) is 11.2. The standard InChI is InChI=1S/C11H11IO2S/c1-3-10(13)14-11(2,12)15-9-7-5-4-6-8-9/h3-8H,1H2,2H3. The first-order chi connectivity index (χ1) is 7.03. The van der Waals surface area contributed by atoms with Gasteiger partial charge in [0.1, 0.15) is 0 Å². The van der Waals surface area contributed by atoms with Gasteiger partial charge < -0.3 is 4.74 Å². The van der Waals surface area contributed by atoms with Crippen molar-refractivity contribution >= 4 is 40.3 Å². The van der Waals surface area contributed by atoms with Gasteiger partial charge in [0.25, 0.3) is 0 Å². The Bertz CT molecular complexity index is 349. The van der Waals surface area contributed by atoms with Gasteiger partial charge in [-0.15, -0.1) is 0 Å². The van der Waals surface area contributed by atoms with Gasteiger partial charge in [-0.2, -0.15) is 0 Å². The first kappa shape index (κ1) is 12.6. The van der Waals surface area contributed by atoms with Gasteiger partial charge in [-0.1, -0.05) is 36.5 Å². The van der Waals surface area contributed by atoms with Crippen LogP contribution in [0.2, 0.25) is 0 Å². The summed E-state index contributed by atoms with van der Waals surface area (Å²) in [6.07, 6.45) is 1.17. The molecule has 2 nitrogen and oxygen atoms in total. The highest BCUT2D eigenvalue weighted by Crippen LogP contribution is 2.39. The lowest BCUT2D eigenvalue weighted by atomic mass is 10.4.